The molecule has 1 aliphatic rings. The molecule has 1 aromatic carbocycles. The monoisotopic (exact) mass is 427 g/mol. The second kappa shape index (κ2) is 6.90. The van der Waals surface area contributed by atoms with Gasteiger partial charge >= 0.3 is 0 Å². The lowest BCUT2D eigenvalue weighted by molar-refractivity contribution is 0.119. The number of fused-ring (bicyclic) bond motifs is 3. The first-order chi connectivity index (χ1) is 12.8. The molecule has 0 bridgehead atoms. The summed E-state index contributed by atoms with van der Waals surface area (Å²) in [6.45, 7) is 1.29. The average Bonchev–Trinajstić information content (AvgIpc) is 2.73. The van der Waals surface area contributed by atoms with E-state index in [4.69, 9.17) is 23.2 Å². The van der Waals surface area contributed by atoms with E-state index in [2.05, 4.69) is 10.3 Å². The number of hydrogen-bond acceptors (Lipinski definition) is 5. The predicted molar refractivity (Wildman–Crippen MR) is 108 cm³/mol. The van der Waals surface area contributed by atoms with Gasteiger partial charge in [0.1, 0.15) is 5.65 Å². The molecule has 3 heterocycles. The zero-order valence-corrected chi connectivity index (χ0v) is 16.9. The van der Waals surface area contributed by atoms with Crippen molar-refractivity contribution < 1.29 is 13.5 Å². The third kappa shape index (κ3) is 3.32. The quantitative estimate of drug-likeness (QED) is 0.655. The molecule has 2 aromatic heterocycles. The van der Waals surface area contributed by atoms with Gasteiger partial charge < -0.3 is 15.0 Å². The third-order valence-corrected chi connectivity index (χ3v) is 6.81. The number of nitrogens with one attached hydrogen (secondary N) is 1. The molecule has 27 heavy (non-hydrogen) atoms. The molecule has 0 spiro atoms. The Balaban J connectivity index is 2.10. The molecule has 4 rings (SSSR count). The van der Waals surface area contributed by atoms with E-state index in [1.165, 1.54) is 0 Å². The Hall–Kier alpha value is -1.38. The maximum atomic E-state index is 12.2. The van der Waals surface area contributed by atoms with E-state index in [9.17, 15) is 13.5 Å². The van der Waals surface area contributed by atoms with Crippen molar-refractivity contribution in [3.8, 4) is 0 Å². The predicted octanol–water partition coefficient (Wildman–Crippen LogP) is 3.19. The summed E-state index contributed by atoms with van der Waals surface area (Å²) in [6, 6.07) is 4.78. The van der Waals surface area contributed by atoms with Crippen LogP contribution in [0.1, 0.15) is 18.9 Å². The smallest absolute Gasteiger partial charge is 0.177 e. The molecule has 1 fully saturated rings. The molecule has 0 amide bonds. The van der Waals surface area contributed by atoms with Gasteiger partial charge in [-0.25, -0.2) is 13.4 Å². The first-order valence-corrected chi connectivity index (χ1v) is 11.3. The number of β-amino-alcohol motifs (C(OH)–C–C–N with tert-alkyl or cyclic N) is 1. The van der Waals surface area contributed by atoms with Crippen molar-refractivity contribution in [3.05, 3.63) is 34.4 Å². The van der Waals surface area contributed by atoms with E-state index < -0.39 is 15.9 Å². The highest BCUT2D eigenvalue weighted by Gasteiger charge is 2.28. The lowest BCUT2D eigenvalue weighted by Gasteiger charge is -2.24. The zero-order chi connectivity index (χ0) is 19.3. The summed E-state index contributed by atoms with van der Waals surface area (Å²) in [5.41, 5.74) is 1.33. The molecule has 1 aliphatic heterocycles. The van der Waals surface area contributed by atoms with E-state index in [1.807, 2.05) is 4.57 Å². The fraction of sp³-hybridized carbons (Fsp3) is 0.389. The van der Waals surface area contributed by atoms with Crippen molar-refractivity contribution in [1.29, 1.82) is 0 Å². The van der Waals surface area contributed by atoms with Crippen molar-refractivity contribution in [3.63, 3.8) is 0 Å². The van der Waals surface area contributed by atoms with E-state index in [1.54, 1.807) is 24.4 Å². The molecule has 0 aliphatic carbocycles. The Morgan fingerprint density at radius 2 is 2.04 bits per heavy atom. The van der Waals surface area contributed by atoms with Crippen LogP contribution in [0, 0.1) is 0 Å². The minimum Gasteiger partial charge on any atom is -0.390 e. The first-order valence-electron chi connectivity index (χ1n) is 8.65. The van der Waals surface area contributed by atoms with Gasteiger partial charge in [-0.05, 0) is 37.6 Å². The summed E-state index contributed by atoms with van der Waals surface area (Å²) in [6.07, 6.45) is 3.70. The van der Waals surface area contributed by atoms with Crippen LogP contribution >= 0.6 is 23.2 Å². The van der Waals surface area contributed by atoms with Crippen LogP contribution in [0.3, 0.4) is 0 Å². The number of rotatable bonds is 2. The number of aliphatic hydroxyl groups is 1. The van der Waals surface area contributed by atoms with Crippen LogP contribution in [0.2, 0.25) is 10.0 Å². The second-order valence-electron chi connectivity index (χ2n) is 6.95. The fourth-order valence-corrected chi connectivity index (χ4v) is 5.31. The number of aliphatic hydroxyl groups excluding tert-OH is 1. The highest BCUT2D eigenvalue weighted by Crippen LogP contribution is 2.38. The Morgan fingerprint density at radius 1 is 1.26 bits per heavy atom. The van der Waals surface area contributed by atoms with Gasteiger partial charge in [0, 0.05) is 29.8 Å². The molecule has 2 N–H and O–H groups in total. The normalized spacial score (nSPS) is 21.6. The number of hydrogen-bond donors (Lipinski definition) is 2. The van der Waals surface area contributed by atoms with Gasteiger partial charge in [-0.2, -0.15) is 0 Å². The summed E-state index contributed by atoms with van der Waals surface area (Å²) in [7, 11) is -3.51. The Kier molecular flexibility index (Phi) is 4.84. The number of aromatic nitrogens is 2. The van der Waals surface area contributed by atoms with Crippen LogP contribution in [0.4, 0.5) is 0 Å². The van der Waals surface area contributed by atoms with Crippen molar-refractivity contribution in [2.45, 2.75) is 29.9 Å². The van der Waals surface area contributed by atoms with Gasteiger partial charge in [-0.3, -0.25) is 0 Å². The van der Waals surface area contributed by atoms with Crippen LogP contribution in [0.15, 0.2) is 29.3 Å². The molecule has 0 saturated carbocycles. The largest absolute Gasteiger partial charge is 0.390 e. The van der Waals surface area contributed by atoms with Gasteiger partial charge in [0.2, 0.25) is 0 Å². The molecule has 2 atom stereocenters. The third-order valence-electron chi connectivity index (χ3n) is 5.04. The zero-order valence-electron chi connectivity index (χ0n) is 14.6. The molecule has 0 radical (unpaired) electrons. The van der Waals surface area contributed by atoms with Gasteiger partial charge in [-0.1, -0.05) is 23.2 Å². The maximum Gasteiger partial charge on any atom is 0.177 e. The number of nitrogens with zero attached hydrogens (tertiary/aromatic N) is 2. The highest BCUT2D eigenvalue weighted by molar-refractivity contribution is 7.90. The molecule has 144 valence electrons. The molecule has 9 heteroatoms. The maximum absolute atomic E-state index is 12.2. The van der Waals surface area contributed by atoms with Crippen molar-refractivity contribution in [2.24, 2.45) is 0 Å². The van der Waals surface area contributed by atoms with Gasteiger partial charge in [0.15, 0.2) is 9.84 Å². The van der Waals surface area contributed by atoms with E-state index in [0.29, 0.717) is 22.7 Å². The summed E-state index contributed by atoms with van der Waals surface area (Å²) in [4.78, 5) is 4.55. The molecule has 6 nitrogen and oxygen atoms in total. The molecular formula is C18H19Cl2N3O3S. The lowest BCUT2D eigenvalue weighted by Crippen LogP contribution is -2.31. The summed E-state index contributed by atoms with van der Waals surface area (Å²) < 4.78 is 26.3. The molecular weight excluding hydrogens is 409 g/mol. The SMILES string of the molecule is CS(=O)(=O)c1cc2c(cc1Cl)c1cc(Cl)cnc1n2[C@H]1CCCNC[C@@H]1O. The molecule has 0 unspecified atom stereocenters. The Morgan fingerprint density at radius 3 is 2.78 bits per heavy atom. The average molecular weight is 428 g/mol. The molecule has 3 aromatic rings. The first kappa shape index (κ1) is 19.0. The second-order valence-corrected chi connectivity index (χ2v) is 9.78. The van der Waals surface area contributed by atoms with Crippen molar-refractivity contribution >= 4 is 55.0 Å². The van der Waals surface area contributed by atoms with Crippen LogP contribution in [-0.4, -0.2) is 48.5 Å². The van der Waals surface area contributed by atoms with Crippen LogP contribution in [0.25, 0.3) is 21.9 Å². The summed E-state index contributed by atoms with van der Waals surface area (Å²) >= 11 is 12.4. The van der Waals surface area contributed by atoms with Gasteiger partial charge in [0.25, 0.3) is 0 Å². The van der Waals surface area contributed by atoms with Crippen LogP contribution in [-0.2, 0) is 9.84 Å². The topological polar surface area (TPSA) is 84.2 Å². The fourth-order valence-electron chi connectivity index (χ4n) is 3.83. The lowest BCUT2D eigenvalue weighted by atomic mass is 10.1. The molecule has 1 saturated heterocycles. The van der Waals surface area contributed by atoms with Crippen LogP contribution in [0.5, 0.6) is 0 Å². The standard InChI is InChI=1S/C18H19Cl2N3O3S/c1-27(25,26)17-7-15-11(6-13(17)20)12-5-10(19)8-22-18(12)23(15)14-3-2-4-21-9-16(14)24/h5-8,14,16,21,24H,2-4,9H2,1H3/t14-,16-/m0/s1. The van der Waals surface area contributed by atoms with Crippen molar-refractivity contribution in [1.82, 2.24) is 14.9 Å². The number of benzene rings is 1. The summed E-state index contributed by atoms with van der Waals surface area (Å²) in [5.74, 6) is 0. The Bertz CT molecular complexity index is 1140. The van der Waals surface area contributed by atoms with Gasteiger partial charge in [-0.15, -0.1) is 0 Å². The summed E-state index contributed by atoms with van der Waals surface area (Å²) in [5, 5.41) is 16.1. The highest BCUT2D eigenvalue weighted by atomic mass is 35.5. The minimum atomic E-state index is -3.51. The van der Waals surface area contributed by atoms with Gasteiger partial charge in [0.05, 0.1) is 32.6 Å². The Labute approximate surface area is 167 Å². The van der Waals surface area contributed by atoms with E-state index >= 15 is 0 Å². The van der Waals surface area contributed by atoms with Crippen molar-refractivity contribution in [2.75, 3.05) is 19.3 Å². The number of pyridine rings is 1. The minimum absolute atomic E-state index is 0.0630. The number of sulfone groups is 1. The van der Waals surface area contributed by atoms with E-state index in [0.717, 1.165) is 36.4 Å². The number of halogens is 2. The van der Waals surface area contributed by atoms with Crippen LogP contribution < -0.4 is 5.32 Å². The van der Waals surface area contributed by atoms with E-state index in [-0.39, 0.29) is 16.0 Å².